The van der Waals surface area contributed by atoms with E-state index >= 15 is 0 Å². The summed E-state index contributed by atoms with van der Waals surface area (Å²) in [4.78, 5) is 9.18. The summed E-state index contributed by atoms with van der Waals surface area (Å²) >= 11 is 0. The summed E-state index contributed by atoms with van der Waals surface area (Å²) in [5.74, 6) is 2.34. The molecular formula is C21H23FN6O. The van der Waals surface area contributed by atoms with Gasteiger partial charge in [0.2, 0.25) is 0 Å². The number of aromatic nitrogens is 4. The van der Waals surface area contributed by atoms with Gasteiger partial charge < -0.3 is 15.4 Å². The molecule has 4 rings (SSSR count). The number of anilines is 3. The molecule has 1 saturated heterocycles. The van der Waals surface area contributed by atoms with Crippen molar-refractivity contribution in [1.82, 2.24) is 20.2 Å². The second-order valence-corrected chi connectivity index (χ2v) is 6.97. The molecule has 1 aliphatic heterocycles. The van der Waals surface area contributed by atoms with Crippen molar-refractivity contribution in [2.45, 2.75) is 25.8 Å². The van der Waals surface area contributed by atoms with Gasteiger partial charge in [-0.15, -0.1) is 0 Å². The van der Waals surface area contributed by atoms with Crippen LogP contribution in [0, 0.1) is 12.7 Å². The van der Waals surface area contributed by atoms with Crippen LogP contribution in [-0.2, 0) is 4.74 Å². The molecule has 8 heteroatoms. The lowest BCUT2D eigenvalue weighted by atomic mass is 10.1. The summed E-state index contributed by atoms with van der Waals surface area (Å²) in [5.41, 5.74) is 1.83. The van der Waals surface area contributed by atoms with Gasteiger partial charge in [-0.3, -0.25) is 5.10 Å². The molecule has 7 nitrogen and oxygen atoms in total. The Hall–Kier alpha value is -3.26. The Morgan fingerprint density at radius 1 is 1.03 bits per heavy atom. The molecule has 0 spiro atoms. The fourth-order valence-electron chi connectivity index (χ4n) is 3.09. The first-order chi connectivity index (χ1) is 14.1. The number of ether oxygens (including phenoxy) is 1. The molecule has 3 N–H and O–H groups in total. The fourth-order valence-corrected chi connectivity index (χ4v) is 3.09. The zero-order valence-corrected chi connectivity index (χ0v) is 16.2. The molecule has 0 unspecified atom stereocenters. The van der Waals surface area contributed by atoms with Crippen molar-refractivity contribution in [3.05, 3.63) is 59.3 Å². The summed E-state index contributed by atoms with van der Waals surface area (Å²) in [6, 6.07) is 10.4. The lowest BCUT2D eigenvalue weighted by molar-refractivity contribution is 0.0904. The molecule has 0 bridgehead atoms. The van der Waals surface area contributed by atoms with Gasteiger partial charge in [0.15, 0.2) is 11.6 Å². The quantitative estimate of drug-likeness (QED) is 0.582. The minimum Gasteiger partial charge on any atom is -0.381 e. The normalized spacial score (nSPS) is 15.0. The van der Waals surface area contributed by atoms with E-state index in [0.29, 0.717) is 23.5 Å². The van der Waals surface area contributed by atoms with Gasteiger partial charge in [-0.25, -0.2) is 14.4 Å². The number of aryl methyl sites for hydroxylation is 1. The number of nitrogens with one attached hydrogen (secondary N) is 3. The SMILES string of the molecule is Cc1cc(Nc2cc(NC3CCOCC3)nc(C=Cc3ccc(F)cc3)n2)n[nH]1. The second-order valence-electron chi connectivity index (χ2n) is 6.97. The standard InChI is InChI=1S/C21H23FN6O/c1-14-12-21(28-27-14)26-20-13-19(23-17-8-10-29-11-9-17)24-18(25-20)7-4-15-2-5-16(22)6-3-15/h2-7,12-13,17H,8-11H2,1H3,(H3,23,24,25,26,27,28). The molecule has 0 saturated carbocycles. The smallest absolute Gasteiger partial charge is 0.156 e. The first-order valence-corrected chi connectivity index (χ1v) is 9.60. The number of aromatic amines is 1. The molecule has 150 valence electrons. The predicted molar refractivity (Wildman–Crippen MR) is 111 cm³/mol. The Morgan fingerprint density at radius 2 is 1.79 bits per heavy atom. The van der Waals surface area contributed by atoms with Crippen molar-refractivity contribution < 1.29 is 9.13 Å². The maximum absolute atomic E-state index is 13.1. The highest BCUT2D eigenvalue weighted by Gasteiger charge is 2.15. The minimum absolute atomic E-state index is 0.262. The van der Waals surface area contributed by atoms with E-state index in [2.05, 4.69) is 30.8 Å². The Morgan fingerprint density at radius 3 is 2.52 bits per heavy atom. The van der Waals surface area contributed by atoms with Gasteiger partial charge in [0.1, 0.15) is 17.5 Å². The Balaban J connectivity index is 1.58. The van der Waals surface area contributed by atoms with E-state index in [0.717, 1.165) is 43.1 Å². The van der Waals surface area contributed by atoms with E-state index in [4.69, 9.17) is 4.74 Å². The third-order valence-corrected chi connectivity index (χ3v) is 4.57. The first kappa shape index (κ1) is 19.1. The summed E-state index contributed by atoms with van der Waals surface area (Å²) in [6.07, 6.45) is 5.54. The van der Waals surface area contributed by atoms with Crippen LogP contribution in [-0.4, -0.2) is 39.4 Å². The molecule has 0 atom stereocenters. The molecule has 1 aliphatic rings. The highest BCUT2D eigenvalue weighted by molar-refractivity contribution is 5.68. The zero-order valence-electron chi connectivity index (χ0n) is 16.2. The first-order valence-electron chi connectivity index (χ1n) is 9.60. The third-order valence-electron chi connectivity index (χ3n) is 4.57. The minimum atomic E-state index is -0.262. The monoisotopic (exact) mass is 394 g/mol. The molecular weight excluding hydrogens is 371 g/mol. The summed E-state index contributed by atoms with van der Waals surface area (Å²) < 4.78 is 18.5. The number of hydrogen-bond acceptors (Lipinski definition) is 6. The van der Waals surface area contributed by atoms with Crippen LogP contribution in [0.3, 0.4) is 0 Å². The zero-order chi connectivity index (χ0) is 20.1. The lowest BCUT2D eigenvalue weighted by Gasteiger charge is -2.23. The molecule has 0 radical (unpaired) electrons. The molecule has 3 heterocycles. The maximum Gasteiger partial charge on any atom is 0.156 e. The summed E-state index contributed by atoms with van der Waals surface area (Å²) in [6.45, 7) is 3.43. The van der Waals surface area contributed by atoms with Crippen LogP contribution in [0.1, 0.15) is 29.9 Å². The van der Waals surface area contributed by atoms with Crippen LogP contribution in [0.25, 0.3) is 12.2 Å². The van der Waals surface area contributed by atoms with Crippen LogP contribution >= 0.6 is 0 Å². The van der Waals surface area contributed by atoms with Crippen LogP contribution in [0.2, 0.25) is 0 Å². The van der Waals surface area contributed by atoms with Crippen molar-refractivity contribution in [2.24, 2.45) is 0 Å². The van der Waals surface area contributed by atoms with E-state index in [1.807, 2.05) is 31.2 Å². The van der Waals surface area contributed by atoms with Gasteiger partial charge in [-0.1, -0.05) is 18.2 Å². The van der Waals surface area contributed by atoms with Crippen LogP contribution in [0.5, 0.6) is 0 Å². The number of halogens is 1. The van der Waals surface area contributed by atoms with E-state index in [1.54, 1.807) is 12.1 Å². The van der Waals surface area contributed by atoms with Crippen molar-refractivity contribution >= 4 is 29.6 Å². The Bertz CT molecular complexity index is 979. The highest BCUT2D eigenvalue weighted by Crippen LogP contribution is 2.20. The van der Waals surface area contributed by atoms with E-state index in [9.17, 15) is 4.39 Å². The molecule has 3 aromatic rings. The highest BCUT2D eigenvalue weighted by atomic mass is 19.1. The second kappa shape index (κ2) is 8.83. The molecule has 0 aliphatic carbocycles. The molecule has 1 aromatic carbocycles. The number of H-pyrrole nitrogens is 1. The van der Waals surface area contributed by atoms with Crippen molar-refractivity contribution in [1.29, 1.82) is 0 Å². The average molecular weight is 394 g/mol. The summed E-state index contributed by atoms with van der Waals surface area (Å²) in [7, 11) is 0. The van der Waals surface area contributed by atoms with Crippen LogP contribution in [0.4, 0.5) is 21.8 Å². The van der Waals surface area contributed by atoms with Crippen molar-refractivity contribution in [3.63, 3.8) is 0 Å². The number of rotatable bonds is 6. The Kier molecular flexibility index (Phi) is 5.81. The van der Waals surface area contributed by atoms with Crippen LogP contribution in [0.15, 0.2) is 36.4 Å². The van der Waals surface area contributed by atoms with E-state index in [-0.39, 0.29) is 5.82 Å². The van der Waals surface area contributed by atoms with Gasteiger partial charge in [0.25, 0.3) is 0 Å². The topological polar surface area (TPSA) is 87.8 Å². The molecule has 0 amide bonds. The third kappa shape index (κ3) is 5.39. The van der Waals surface area contributed by atoms with Gasteiger partial charge in [-0.05, 0) is 43.5 Å². The van der Waals surface area contributed by atoms with Gasteiger partial charge in [0.05, 0.1) is 0 Å². The van der Waals surface area contributed by atoms with Gasteiger partial charge in [-0.2, -0.15) is 5.10 Å². The van der Waals surface area contributed by atoms with Crippen molar-refractivity contribution in [3.8, 4) is 0 Å². The average Bonchev–Trinajstić information content (AvgIpc) is 3.13. The number of hydrogen-bond donors (Lipinski definition) is 3. The molecule has 1 fully saturated rings. The van der Waals surface area contributed by atoms with Crippen molar-refractivity contribution in [2.75, 3.05) is 23.8 Å². The number of benzene rings is 1. The van der Waals surface area contributed by atoms with Gasteiger partial charge in [0, 0.05) is 37.1 Å². The fraction of sp³-hybridized carbons (Fsp3) is 0.286. The van der Waals surface area contributed by atoms with Gasteiger partial charge >= 0.3 is 0 Å². The Labute approximate surface area is 168 Å². The number of nitrogens with zero attached hydrogens (tertiary/aromatic N) is 3. The molecule has 29 heavy (non-hydrogen) atoms. The maximum atomic E-state index is 13.1. The largest absolute Gasteiger partial charge is 0.381 e. The summed E-state index contributed by atoms with van der Waals surface area (Å²) in [5, 5.41) is 13.8. The van der Waals surface area contributed by atoms with E-state index in [1.165, 1.54) is 12.1 Å². The molecule has 2 aromatic heterocycles. The lowest BCUT2D eigenvalue weighted by Crippen LogP contribution is -2.28. The van der Waals surface area contributed by atoms with Crippen LogP contribution < -0.4 is 10.6 Å². The predicted octanol–water partition coefficient (Wildman–Crippen LogP) is 4.15. The van der Waals surface area contributed by atoms with E-state index < -0.39 is 0 Å².